The van der Waals surface area contributed by atoms with Crippen LogP contribution in [0.2, 0.25) is 0 Å². The van der Waals surface area contributed by atoms with Crippen LogP contribution in [-0.4, -0.2) is 35.6 Å². The van der Waals surface area contributed by atoms with Crippen LogP contribution in [0.5, 0.6) is 11.5 Å². The summed E-state index contributed by atoms with van der Waals surface area (Å²) in [6.45, 7) is 3.83. The van der Waals surface area contributed by atoms with E-state index in [1.807, 2.05) is 30.3 Å². The Kier molecular flexibility index (Phi) is 7.92. The molecular weight excluding hydrogens is 480 g/mol. The average Bonchev–Trinajstić information content (AvgIpc) is 3.21. The highest BCUT2D eigenvalue weighted by Gasteiger charge is 2.15. The van der Waals surface area contributed by atoms with Crippen molar-refractivity contribution in [3.63, 3.8) is 0 Å². The Bertz CT molecular complexity index is 1460. The van der Waals surface area contributed by atoms with Gasteiger partial charge in [0.25, 0.3) is 5.91 Å². The highest BCUT2D eigenvalue weighted by molar-refractivity contribution is 7.16. The first-order chi connectivity index (χ1) is 17.5. The molecule has 3 aromatic carbocycles. The Labute approximate surface area is 211 Å². The monoisotopic (exact) mass is 504 g/mol. The lowest BCUT2D eigenvalue weighted by Crippen LogP contribution is -2.23. The van der Waals surface area contributed by atoms with Crippen LogP contribution in [0, 0.1) is 0 Å². The lowest BCUT2D eigenvalue weighted by atomic mass is 10.2. The molecule has 4 rings (SSSR count). The number of aromatic nitrogens is 1. The molecule has 1 aromatic heterocycles. The number of carbonyl (C=O) groups is 3. The van der Waals surface area contributed by atoms with E-state index in [1.54, 1.807) is 60.9 Å². The molecule has 1 amide bonds. The van der Waals surface area contributed by atoms with Gasteiger partial charge in [-0.2, -0.15) is 4.99 Å². The molecule has 0 bridgehead atoms. The molecule has 8 nitrogen and oxygen atoms in total. The van der Waals surface area contributed by atoms with Crippen LogP contribution in [0.25, 0.3) is 10.2 Å². The first-order valence-corrected chi connectivity index (χ1v) is 12.2. The van der Waals surface area contributed by atoms with Crippen molar-refractivity contribution < 1.29 is 28.6 Å². The second kappa shape index (κ2) is 11.5. The molecule has 0 saturated carbocycles. The third-order valence-corrected chi connectivity index (χ3v) is 6.10. The van der Waals surface area contributed by atoms with Gasteiger partial charge in [-0.05, 0) is 68.4 Å². The van der Waals surface area contributed by atoms with Gasteiger partial charge in [-0.25, -0.2) is 4.79 Å². The minimum Gasteiger partial charge on any atom is -0.465 e. The summed E-state index contributed by atoms with van der Waals surface area (Å²) in [5.74, 6) is -0.103. The average molecular weight is 505 g/mol. The van der Waals surface area contributed by atoms with Crippen LogP contribution in [0.1, 0.15) is 34.6 Å². The summed E-state index contributed by atoms with van der Waals surface area (Å²) < 4.78 is 18.2. The van der Waals surface area contributed by atoms with Crippen molar-refractivity contribution >= 4 is 39.4 Å². The van der Waals surface area contributed by atoms with E-state index in [9.17, 15) is 14.4 Å². The molecule has 0 spiro atoms. The summed E-state index contributed by atoms with van der Waals surface area (Å²) in [6.07, 6.45) is 0. The molecule has 0 aliphatic rings. The van der Waals surface area contributed by atoms with E-state index in [1.165, 1.54) is 11.3 Å². The molecule has 4 aromatic rings. The summed E-state index contributed by atoms with van der Waals surface area (Å²) in [7, 11) is 0. The summed E-state index contributed by atoms with van der Waals surface area (Å²) in [5, 5.41) is 0. The second-order valence-corrected chi connectivity index (χ2v) is 8.54. The number of rotatable bonds is 8. The minimum atomic E-state index is -0.476. The number of nitrogens with zero attached hydrogens (tertiary/aromatic N) is 2. The first-order valence-electron chi connectivity index (χ1n) is 11.4. The van der Waals surface area contributed by atoms with Crippen molar-refractivity contribution in [3.05, 3.63) is 88.7 Å². The molecule has 0 N–H and O–H groups in total. The van der Waals surface area contributed by atoms with Crippen LogP contribution in [-0.2, 0) is 20.8 Å². The molecule has 0 radical (unpaired) electrons. The number of thiazole rings is 1. The third-order valence-electron chi connectivity index (χ3n) is 5.06. The molecule has 0 aliphatic carbocycles. The van der Waals surface area contributed by atoms with Crippen molar-refractivity contribution in [1.82, 2.24) is 4.57 Å². The topological polar surface area (TPSA) is 96.2 Å². The maximum atomic E-state index is 13.0. The molecule has 0 saturated heterocycles. The molecule has 0 fully saturated rings. The fraction of sp³-hybridized carbons (Fsp3) is 0.185. The molecule has 0 unspecified atom stereocenters. The largest absolute Gasteiger partial charge is 0.465 e. The third kappa shape index (κ3) is 5.87. The van der Waals surface area contributed by atoms with Gasteiger partial charge in [-0.15, -0.1) is 0 Å². The lowest BCUT2D eigenvalue weighted by Gasteiger charge is -2.06. The molecule has 1 heterocycles. The number of esters is 2. The Morgan fingerprint density at radius 2 is 1.50 bits per heavy atom. The number of fused-ring (bicyclic) bond motifs is 1. The predicted molar refractivity (Wildman–Crippen MR) is 135 cm³/mol. The van der Waals surface area contributed by atoms with Crippen molar-refractivity contribution in [2.24, 2.45) is 4.99 Å². The zero-order chi connectivity index (χ0) is 25.5. The maximum Gasteiger partial charge on any atom is 0.338 e. The fourth-order valence-corrected chi connectivity index (χ4v) is 4.50. The Hall–Kier alpha value is -4.24. The van der Waals surface area contributed by atoms with Gasteiger partial charge in [-0.1, -0.05) is 29.5 Å². The summed E-state index contributed by atoms with van der Waals surface area (Å²) in [6, 6.07) is 21.0. The second-order valence-electron chi connectivity index (χ2n) is 7.54. The number of carbonyl (C=O) groups excluding carboxylic acids is 3. The Morgan fingerprint density at radius 1 is 0.833 bits per heavy atom. The van der Waals surface area contributed by atoms with E-state index < -0.39 is 17.8 Å². The van der Waals surface area contributed by atoms with Crippen LogP contribution >= 0.6 is 11.3 Å². The molecule has 0 aliphatic heterocycles. The smallest absolute Gasteiger partial charge is 0.338 e. The van der Waals surface area contributed by atoms with Crippen LogP contribution in [0.15, 0.2) is 77.8 Å². The first kappa shape index (κ1) is 24.9. The van der Waals surface area contributed by atoms with Crippen LogP contribution in [0.3, 0.4) is 0 Å². The minimum absolute atomic E-state index is 0.122. The summed E-state index contributed by atoms with van der Waals surface area (Å²) >= 11 is 1.20. The highest BCUT2D eigenvalue weighted by atomic mass is 32.1. The fourth-order valence-electron chi connectivity index (χ4n) is 3.43. The summed E-state index contributed by atoms with van der Waals surface area (Å²) in [5.41, 5.74) is 1.39. The van der Waals surface area contributed by atoms with Gasteiger partial charge in [0.1, 0.15) is 18.0 Å². The quantitative estimate of drug-likeness (QED) is 0.314. The summed E-state index contributed by atoms with van der Waals surface area (Å²) in [4.78, 5) is 42.0. The van der Waals surface area contributed by atoms with Crippen molar-refractivity contribution in [1.29, 1.82) is 0 Å². The van der Waals surface area contributed by atoms with Crippen LogP contribution in [0.4, 0.5) is 0 Å². The van der Waals surface area contributed by atoms with Gasteiger partial charge in [-0.3, -0.25) is 9.59 Å². The van der Waals surface area contributed by atoms with E-state index >= 15 is 0 Å². The van der Waals surface area contributed by atoms with Gasteiger partial charge in [0.2, 0.25) is 0 Å². The molecular formula is C27H24N2O6S. The number of amides is 1. The van der Waals surface area contributed by atoms with Gasteiger partial charge in [0.05, 0.1) is 29.0 Å². The number of hydrogen-bond donors (Lipinski definition) is 0. The van der Waals surface area contributed by atoms with E-state index in [0.29, 0.717) is 37.6 Å². The molecule has 184 valence electrons. The SMILES string of the molecule is CCOC(=O)Cn1c(=NC(=O)c2ccc(Oc3ccccc3)cc2)sc2cc(C(=O)OCC)ccc21. The van der Waals surface area contributed by atoms with Gasteiger partial charge >= 0.3 is 11.9 Å². The normalized spacial score (nSPS) is 11.3. The van der Waals surface area contributed by atoms with Crippen molar-refractivity contribution in [2.45, 2.75) is 20.4 Å². The van der Waals surface area contributed by atoms with E-state index in [0.717, 1.165) is 0 Å². The number of hydrogen-bond acceptors (Lipinski definition) is 7. The van der Waals surface area contributed by atoms with Gasteiger partial charge in [0.15, 0.2) is 4.80 Å². The predicted octanol–water partition coefficient (Wildman–Crippen LogP) is 4.98. The highest BCUT2D eigenvalue weighted by Crippen LogP contribution is 2.22. The lowest BCUT2D eigenvalue weighted by molar-refractivity contribution is -0.143. The molecule has 36 heavy (non-hydrogen) atoms. The standard InChI is InChI=1S/C27H24N2O6S/c1-3-33-24(30)17-29-22-15-12-19(26(32)34-4-2)16-23(22)36-27(29)28-25(31)18-10-13-21(14-11-18)35-20-8-6-5-7-9-20/h5-16H,3-4,17H2,1-2H3. The number of benzene rings is 3. The number of ether oxygens (including phenoxy) is 3. The van der Waals surface area contributed by atoms with E-state index in [-0.39, 0.29) is 19.8 Å². The molecule has 0 atom stereocenters. The van der Waals surface area contributed by atoms with Crippen molar-refractivity contribution in [3.8, 4) is 11.5 Å². The number of para-hydroxylation sites is 1. The molecule has 9 heteroatoms. The van der Waals surface area contributed by atoms with E-state index in [2.05, 4.69) is 4.99 Å². The zero-order valence-electron chi connectivity index (χ0n) is 19.8. The van der Waals surface area contributed by atoms with E-state index in [4.69, 9.17) is 14.2 Å². The maximum absolute atomic E-state index is 13.0. The Morgan fingerprint density at radius 3 is 2.19 bits per heavy atom. The van der Waals surface area contributed by atoms with Gasteiger partial charge < -0.3 is 18.8 Å². The Balaban J connectivity index is 1.67. The van der Waals surface area contributed by atoms with Gasteiger partial charge in [0, 0.05) is 5.56 Å². The van der Waals surface area contributed by atoms with Crippen LogP contribution < -0.4 is 9.54 Å². The zero-order valence-corrected chi connectivity index (χ0v) is 20.6. The van der Waals surface area contributed by atoms with Crippen molar-refractivity contribution in [2.75, 3.05) is 13.2 Å².